The van der Waals surface area contributed by atoms with Crippen molar-refractivity contribution in [1.29, 1.82) is 0 Å². The molecule has 0 saturated carbocycles. The molecular weight excluding hydrogens is 202 g/mol. The molecule has 2 N–H and O–H groups in total. The van der Waals surface area contributed by atoms with Crippen molar-refractivity contribution in [2.24, 2.45) is 5.92 Å². The molecule has 0 amide bonds. The number of benzene rings is 1. The van der Waals surface area contributed by atoms with Gasteiger partial charge < -0.3 is 10.2 Å². The van der Waals surface area contributed by atoms with Gasteiger partial charge >= 0.3 is 0 Å². The van der Waals surface area contributed by atoms with Crippen molar-refractivity contribution in [3.63, 3.8) is 0 Å². The number of nitrogens with zero attached hydrogens (tertiary/aromatic N) is 1. The van der Waals surface area contributed by atoms with Crippen LogP contribution in [0.5, 0.6) is 0 Å². The molecule has 2 rings (SSSR count). The van der Waals surface area contributed by atoms with E-state index in [0.29, 0.717) is 0 Å². The molecule has 1 saturated heterocycles. The van der Waals surface area contributed by atoms with E-state index >= 15 is 0 Å². The van der Waals surface area contributed by atoms with Crippen LogP contribution in [-0.2, 0) is 6.54 Å². The van der Waals surface area contributed by atoms with Gasteiger partial charge in [-0.15, -0.1) is 0 Å². The lowest BCUT2D eigenvalue weighted by atomic mass is 9.95. The third kappa shape index (κ3) is 2.82. The quantitative estimate of drug-likeness (QED) is 0.795. The van der Waals surface area contributed by atoms with Crippen molar-refractivity contribution in [1.82, 2.24) is 4.90 Å². The topological polar surface area (TPSA) is 43.7 Å². The van der Waals surface area contributed by atoms with Crippen molar-refractivity contribution >= 4 is 0 Å². The zero-order valence-electron chi connectivity index (χ0n) is 9.42. The first-order valence-corrected chi connectivity index (χ1v) is 5.85. The van der Waals surface area contributed by atoms with Crippen LogP contribution in [0.4, 0.5) is 0 Å². The Morgan fingerprint density at radius 3 is 2.69 bits per heavy atom. The predicted octanol–water partition coefficient (Wildman–Crippen LogP) is 0.862. The van der Waals surface area contributed by atoms with Crippen LogP contribution in [0.2, 0.25) is 0 Å². The van der Waals surface area contributed by atoms with Crippen LogP contribution >= 0.6 is 0 Å². The monoisotopic (exact) mass is 221 g/mol. The maximum atomic E-state index is 9.67. The van der Waals surface area contributed by atoms with Gasteiger partial charge in [0.05, 0.1) is 6.10 Å². The van der Waals surface area contributed by atoms with E-state index in [1.54, 1.807) is 0 Å². The molecule has 0 bridgehead atoms. The SMILES string of the molecule is OC[C@@H]1CN(Cc2ccccc2)CC[C@@H]1O. The lowest BCUT2D eigenvalue weighted by Gasteiger charge is -2.35. The molecule has 1 aromatic carbocycles. The van der Waals surface area contributed by atoms with Crippen LogP contribution in [0, 0.1) is 5.92 Å². The first-order chi connectivity index (χ1) is 7.79. The first kappa shape index (κ1) is 11.6. The van der Waals surface area contributed by atoms with Gasteiger partial charge in [-0.1, -0.05) is 30.3 Å². The van der Waals surface area contributed by atoms with Crippen LogP contribution < -0.4 is 0 Å². The molecule has 1 aliphatic heterocycles. The normalized spacial score (nSPS) is 26.9. The van der Waals surface area contributed by atoms with Crippen LogP contribution in [0.1, 0.15) is 12.0 Å². The van der Waals surface area contributed by atoms with E-state index in [1.807, 2.05) is 18.2 Å². The first-order valence-electron chi connectivity index (χ1n) is 5.85. The molecule has 3 nitrogen and oxygen atoms in total. The molecule has 1 heterocycles. The summed E-state index contributed by atoms with van der Waals surface area (Å²) in [5, 5.41) is 18.8. The summed E-state index contributed by atoms with van der Waals surface area (Å²) < 4.78 is 0. The van der Waals surface area contributed by atoms with E-state index in [-0.39, 0.29) is 18.6 Å². The molecular formula is C13H19NO2. The highest BCUT2D eigenvalue weighted by molar-refractivity contribution is 5.14. The number of hydrogen-bond acceptors (Lipinski definition) is 3. The minimum absolute atomic E-state index is 0.0115. The molecule has 16 heavy (non-hydrogen) atoms. The summed E-state index contributed by atoms with van der Waals surface area (Å²) in [5.74, 6) is 0.0115. The smallest absolute Gasteiger partial charge is 0.0614 e. The Morgan fingerprint density at radius 1 is 1.25 bits per heavy atom. The summed E-state index contributed by atoms with van der Waals surface area (Å²) in [4.78, 5) is 2.29. The lowest BCUT2D eigenvalue weighted by molar-refractivity contribution is -0.00200. The third-order valence-electron chi connectivity index (χ3n) is 3.26. The van der Waals surface area contributed by atoms with Crippen LogP contribution in [-0.4, -0.2) is 40.9 Å². The molecule has 3 heteroatoms. The zero-order valence-corrected chi connectivity index (χ0v) is 9.42. The second kappa shape index (κ2) is 5.43. The third-order valence-corrected chi connectivity index (χ3v) is 3.26. The Balaban J connectivity index is 1.92. The van der Waals surface area contributed by atoms with Gasteiger partial charge in [-0.05, 0) is 12.0 Å². The number of aliphatic hydroxyl groups excluding tert-OH is 2. The molecule has 88 valence electrons. The maximum absolute atomic E-state index is 9.67. The van der Waals surface area contributed by atoms with Crippen molar-refractivity contribution in [3.8, 4) is 0 Å². The fourth-order valence-electron chi connectivity index (χ4n) is 2.26. The van der Waals surface area contributed by atoms with E-state index < -0.39 is 0 Å². The van der Waals surface area contributed by atoms with Crippen molar-refractivity contribution in [3.05, 3.63) is 35.9 Å². The average Bonchev–Trinajstić information content (AvgIpc) is 2.33. The summed E-state index contributed by atoms with van der Waals surface area (Å²) >= 11 is 0. The van der Waals surface area contributed by atoms with Gasteiger partial charge in [0, 0.05) is 32.2 Å². The van der Waals surface area contributed by atoms with Gasteiger partial charge in [-0.25, -0.2) is 0 Å². The van der Waals surface area contributed by atoms with E-state index in [4.69, 9.17) is 5.11 Å². The van der Waals surface area contributed by atoms with Gasteiger partial charge in [0.25, 0.3) is 0 Å². The van der Waals surface area contributed by atoms with Crippen LogP contribution in [0.3, 0.4) is 0 Å². The molecule has 2 atom stereocenters. The zero-order chi connectivity index (χ0) is 11.4. The number of aliphatic hydroxyl groups is 2. The molecule has 1 aliphatic rings. The van der Waals surface area contributed by atoms with Crippen molar-refractivity contribution < 1.29 is 10.2 Å². The molecule has 1 fully saturated rings. The van der Waals surface area contributed by atoms with Crippen LogP contribution in [0.15, 0.2) is 30.3 Å². The number of rotatable bonds is 3. The Hall–Kier alpha value is -0.900. The summed E-state index contributed by atoms with van der Waals surface area (Å²) in [7, 11) is 0. The van der Waals surface area contributed by atoms with E-state index in [2.05, 4.69) is 17.0 Å². The summed E-state index contributed by atoms with van der Waals surface area (Å²) in [6, 6.07) is 10.3. The van der Waals surface area contributed by atoms with E-state index in [1.165, 1.54) is 5.56 Å². The molecule has 1 aromatic rings. The molecule has 0 aliphatic carbocycles. The second-order valence-electron chi connectivity index (χ2n) is 4.52. The van der Waals surface area contributed by atoms with Gasteiger partial charge in [0.1, 0.15) is 0 Å². The van der Waals surface area contributed by atoms with Gasteiger partial charge in [-0.3, -0.25) is 4.90 Å². The average molecular weight is 221 g/mol. The van der Waals surface area contributed by atoms with E-state index in [9.17, 15) is 5.11 Å². The standard InChI is InChI=1S/C13H19NO2/c15-10-12-9-14(7-6-13(12)16)8-11-4-2-1-3-5-11/h1-5,12-13,15-16H,6-10H2/t12-,13-/m0/s1. The Morgan fingerprint density at radius 2 is 2.00 bits per heavy atom. The lowest BCUT2D eigenvalue weighted by Crippen LogP contribution is -2.44. The second-order valence-corrected chi connectivity index (χ2v) is 4.52. The van der Waals surface area contributed by atoms with E-state index in [0.717, 1.165) is 26.1 Å². The Kier molecular flexibility index (Phi) is 3.93. The van der Waals surface area contributed by atoms with Crippen molar-refractivity contribution in [2.45, 2.75) is 19.1 Å². The number of likely N-dealkylation sites (tertiary alicyclic amines) is 1. The largest absolute Gasteiger partial charge is 0.396 e. The maximum Gasteiger partial charge on any atom is 0.0614 e. The molecule has 0 aromatic heterocycles. The fraction of sp³-hybridized carbons (Fsp3) is 0.538. The highest BCUT2D eigenvalue weighted by atomic mass is 16.3. The minimum Gasteiger partial charge on any atom is -0.396 e. The van der Waals surface area contributed by atoms with Gasteiger partial charge in [-0.2, -0.15) is 0 Å². The highest BCUT2D eigenvalue weighted by Crippen LogP contribution is 2.18. The highest BCUT2D eigenvalue weighted by Gasteiger charge is 2.26. The minimum atomic E-state index is -0.336. The summed E-state index contributed by atoms with van der Waals surface area (Å²) in [5.41, 5.74) is 1.29. The summed E-state index contributed by atoms with van der Waals surface area (Å²) in [6.45, 7) is 2.68. The molecule has 0 unspecified atom stereocenters. The predicted molar refractivity (Wildman–Crippen MR) is 62.9 cm³/mol. The summed E-state index contributed by atoms with van der Waals surface area (Å²) in [6.07, 6.45) is 0.426. The van der Waals surface area contributed by atoms with Gasteiger partial charge in [0.2, 0.25) is 0 Å². The Labute approximate surface area is 96.3 Å². The number of hydrogen-bond donors (Lipinski definition) is 2. The number of piperidine rings is 1. The van der Waals surface area contributed by atoms with Crippen LogP contribution in [0.25, 0.3) is 0 Å². The van der Waals surface area contributed by atoms with Crippen molar-refractivity contribution in [2.75, 3.05) is 19.7 Å². The molecule has 0 radical (unpaired) electrons. The Bertz CT molecular complexity index is 315. The fourth-order valence-corrected chi connectivity index (χ4v) is 2.26. The molecule has 0 spiro atoms. The van der Waals surface area contributed by atoms with Gasteiger partial charge in [0.15, 0.2) is 0 Å².